The van der Waals surface area contributed by atoms with E-state index in [0.29, 0.717) is 12.0 Å². The fourth-order valence-electron chi connectivity index (χ4n) is 3.62. The molecule has 0 aromatic heterocycles. The predicted octanol–water partition coefficient (Wildman–Crippen LogP) is 6.08. The van der Waals surface area contributed by atoms with E-state index in [-0.39, 0.29) is 0 Å². The first-order chi connectivity index (χ1) is 12.2. The number of benzene rings is 1. The summed E-state index contributed by atoms with van der Waals surface area (Å²) in [6.45, 7) is 6.51. The Kier molecular flexibility index (Phi) is 8.74. The molecular formula is C21H36ClN3. The van der Waals surface area contributed by atoms with Crippen molar-refractivity contribution in [2.24, 2.45) is 0 Å². The van der Waals surface area contributed by atoms with E-state index in [0.717, 1.165) is 13.1 Å². The van der Waals surface area contributed by atoms with Gasteiger partial charge in [-0.15, -0.1) is 11.6 Å². The highest BCUT2D eigenvalue weighted by molar-refractivity contribution is 6.18. The highest BCUT2D eigenvalue weighted by Gasteiger charge is 2.25. The van der Waals surface area contributed by atoms with Gasteiger partial charge in [0.15, 0.2) is 0 Å². The van der Waals surface area contributed by atoms with Crippen LogP contribution in [-0.4, -0.2) is 32.2 Å². The molecule has 0 amide bonds. The van der Waals surface area contributed by atoms with Gasteiger partial charge in [-0.2, -0.15) is 0 Å². The fourth-order valence-corrected chi connectivity index (χ4v) is 3.82. The second-order valence-corrected chi connectivity index (χ2v) is 7.58. The van der Waals surface area contributed by atoms with Crippen LogP contribution in [0.1, 0.15) is 65.2 Å². The van der Waals surface area contributed by atoms with E-state index in [2.05, 4.69) is 54.2 Å². The number of halogens is 1. The van der Waals surface area contributed by atoms with Crippen molar-refractivity contribution < 1.29 is 0 Å². The van der Waals surface area contributed by atoms with Crippen LogP contribution in [-0.2, 0) is 0 Å². The third-order valence-electron chi connectivity index (χ3n) is 5.23. The molecular weight excluding hydrogens is 330 g/mol. The third kappa shape index (κ3) is 5.70. The van der Waals surface area contributed by atoms with E-state index >= 15 is 0 Å². The van der Waals surface area contributed by atoms with Gasteiger partial charge in [-0.25, -0.2) is 0 Å². The fraction of sp³-hybridized carbons (Fsp3) is 0.714. The number of nitrogens with zero attached hydrogens (tertiary/aromatic N) is 2. The summed E-state index contributed by atoms with van der Waals surface area (Å²) in [6, 6.07) is 6.83. The molecule has 1 atom stereocenters. The summed E-state index contributed by atoms with van der Waals surface area (Å²) in [7, 11) is 2.21. The zero-order chi connectivity index (χ0) is 18.1. The van der Waals surface area contributed by atoms with Gasteiger partial charge >= 0.3 is 0 Å². The zero-order valence-electron chi connectivity index (χ0n) is 16.4. The van der Waals surface area contributed by atoms with Crippen LogP contribution in [0.5, 0.6) is 0 Å². The number of hydrogen-bond donors (Lipinski definition) is 1. The molecule has 3 nitrogen and oxygen atoms in total. The van der Waals surface area contributed by atoms with E-state index in [1.54, 1.807) is 0 Å². The van der Waals surface area contributed by atoms with Crippen LogP contribution in [0, 0.1) is 0 Å². The summed E-state index contributed by atoms with van der Waals surface area (Å²) in [4.78, 5) is 4.81. The molecule has 0 bridgehead atoms. The van der Waals surface area contributed by atoms with E-state index in [1.165, 1.54) is 68.4 Å². The van der Waals surface area contributed by atoms with Crippen molar-refractivity contribution in [1.29, 1.82) is 0 Å². The van der Waals surface area contributed by atoms with Crippen LogP contribution in [0.15, 0.2) is 18.2 Å². The Balaban J connectivity index is 1.96. The summed E-state index contributed by atoms with van der Waals surface area (Å²) in [5.74, 6) is 0.675. The van der Waals surface area contributed by atoms with Gasteiger partial charge < -0.3 is 15.1 Å². The normalized spacial score (nSPS) is 16.0. The largest absolute Gasteiger partial charge is 0.370 e. The van der Waals surface area contributed by atoms with E-state index in [1.807, 2.05) is 0 Å². The van der Waals surface area contributed by atoms with Gasteiger partial charge in [-0.3, -0.25) is 0 Å². The van der Waals surface area contributed by atoms with Crippen molar-refractivity contribution in [3.05, 3.63) is 18.2 Å². The molecule has 142 valence electrons. The molecule has 1 unspecified atom stereocenters. The van der Waals surface area contributed by atoms with Gasteiger partial charge in [0.25, 0.3) is 0 Å². The molecule has 1 aromatic rings. The van der Waals surface area contributed by atoms with Crippen molar-refractivity contribution >= 4 is 28.7 Å². The van der Waals surface area contributed by atoms with Crippen molar-refractivity contribution in [2.45, 2.75) is 71.4 Å². The van der Waals surface area contributed by atoms with E-state index in [4.69, 9.17) is 11.6 Å². The lowest BCUT2D eigenvalue weighted by molar-refractivity contribution is 0.563. The van der Waals surface area contributed by atoms with Crippen LogP contribution < -0.4 is 15.1 Å². The number of unbranched alkanes of at least 4 members (excludes halogenated alkanes) is 5. The van der Waals surface area contributed by atoms with Crippen LogP contribution in [0.4, 0.5) is 17.1 Å². The highest BCUT2D eigenvalue weighted by atomic mass is 35.5. The molecule has 1 aliphatic heterocycles. The molecule has 0 spiro atoms. The van der Waals surface area contributed by atoms with Gasteiger partial charge in [-0.1, -0.05) is 46.0 Å². The first-order valence-corrected chi connectivity index (χ1v) is 10.7. The molecule has 1 aliphatic rings. The first kappa shape index (κ1) is 20.2. The summed E-state index contributed by atoms with van der Waals surface area (Å²) in [5, 5.41) is 3.73. The second kappa shape index (κ2) is 10.8. The number of fused-ring (bicyclic) bond motifs is 1. The van der Waals surface area contributed by atoms with Crippen LogP contribution in [0.2, 0.25) is 0 Å². The maximum absolute atomic E-state index is 6.02. The first-order valence-electron chi connectivity index (χ1n) is 10.2. The summed E-state index contributed by atoms with van der Waals surface area (Å²) >= 11 is 6.02. The van der Waals surface area contributed by atoms with E-state index in [9.17, 15) is 0 Å². The average Bonchev–Trinajstić information content (AvgIpc) is 2.94. The number of rotatable bonds is 12. The smallest absolute Gasteiger partial charge is 0.0988 e. The third-order valence-corrected chi connectivity index (χ3v) is 5.40. The molecule has 0 fully saturated rings. The minimum absolute atomic E-state index is 0.434. The van der Waals surface area contributed by atoms with Crippen molar-refractivity contribution in [3.8, 4) is 0 Å². The van der Waals surface area contributed by atoms with Crippen molar-refractivity contribution in [3.63, 3.8) is 0 Å². The Morgan fingerprint density at radius 1 is 1.04 bits per heavy atom. The number of alkyl halides is 1. The van der Waals surface area contributed by atoms with Crippen LogP contribution in [0.25, 0.3) is 0 Å². The monoisotopic (exact) mass is 365 g/mol. The number of nitrogens with one attached hydrogen (secondary N) is 1. The average molecular weight is 366 g/mol. The lowest BCUT2D eigenvalue weighted by Crippen LogP contribution is -2.31. The second-order valence-electron chi connectivity index (χ2n) is 7.20. The minimum atomic E-state index is 0.434. The molecule has 0 saturated carbocycles. The summed E-state index contributed by atoms with van der Waals surface area (Å²) in [6.07, 6.45) is 10.8. The van der Waals surface area contributed by atoms with E-state index < -0.39 is 0 Å². The Labute approximate surface area is 159 Å². The van der Waals surface area contributed by atoms with Gasteiger partial charge in [0.2, 0.25) is 0 Å². The predicted molar refractivity (Wildman–Crippen MR) is 113 cm³/mol. The number of anilines is 3. The number of hydrogen-bond acceptors (Lipinski definition) is 3. The Hall–Kier alpha value is -1.09. The van der Waals surface area contributed by atoms with Gasteiger partial charge in [0.1, 0.15) is 0 Å². The molecule has 0 saturated heterocycles. The molecule has 1 heterocycles. The Morgan fingerprint density at radius 3 is 2.52 bits per heavy atom. The van der Waals surface area contributed by atoms with Crippen molar-refractivity contribution in [1.82, 2.24) is 0 Å². The maximum atomic E-state index is 6.02. The highest BCUT2D eigenvalue weighted by Crippen LogP contribution is 2.37. The minimum Gasteiger partial charge on any atom is -0.370 e. The molecule has 1 aromatic carbocycles. The molecule has 25 heavy (non-hydrogen) atoms. The Bertz CT molecular complexity index is 506. The van der Waals surface area contributed by atoms with Crippen molar-refractivity contribution in [2.75, 3.05) is 41.1 Å². The lowest BCUT2D eigenvalue weighted by Gasteiger charge is -2.24. The van der Waals surface area contributed by atoms with Crippen LogP contribution >= 0.6 is 11.6 Å². The standard InChI is InChI=1S/C21H36ClN3/c1-4-6-8-9-10-11-21-23-19-17-18(12-13-20(19)24(21)3)25(16-14-22)15-7-5-2/h12-13,17,21,23H,4-11,14-16H2,1-3H3. The lowest BCUT2D eigenvalue weighted by atomic mass is 10.1. The molecule has 0 radical (unpaired) electrons. The maximum Gasteiger partial charge on any atom is 0.0988 e. The molecule has 0 aliphatic carbocycles. The van der Waals surface area contributed by atoms with Gasteiger partial charge in [-0.05, 0) is 37.5 Å². The zero-order valence-corrected chi connectivity index (χ0v) is 17.1. The topological polar surface area (TPSA) is 18.5 Å². The van der Waals surface area contributed by atoms with Crippen LogP contribution in [0.3, 0.4) is 0 Å². The SMILES string of the molecule is CCCCCCCC1Nc2cc(N(CCCl)CCCC)ccc2N1C. The molecule has 1 N–H and O–H groups in total. The Morgan fingerprint density at radius 2 is 1.80 bits per heavy atom. The van der Waals surface area contributed by atoms with Gasteiger partial charge in [0.05, 0.1) is 17.5 Å². The molecule has 4 heteroatoms. The summed E-state index contributed by atoms with van der Waals surface area (Å²) < 4.78 is 0. The molecule has 2 rings (SSSR count). The van der Waals surface area contributed by atoms with Gasteiger partial charge in [0, 0.05) is 31.7 Å². The summed E-state index contributed by atoms with van der Waals surface area (Å²) in [5.41, 5.74) is 3.88. The quantitative estimate of drug-likeness (QED) is 0.357.